The van der Waals surface area contributed by atoms with Gasteiger partial charge >= 0.3 is 0 Å². The Morgan fingerprint density at radius 3 is 2.57 bits per heavy atom. The standard InChI is InChI=1S/C17H21NO2S/c1-3-18(13-16-5-4-12-21-16)17(19)11-8-14-6-9-15(20-2)10-7-14/h4-7,9-10,12H,3,8,11,13H2,1-2H3. The van der Waals surface area contributed by atoms with Crippen LogP contribution in [0.4, 0.5) is 0 Å². The highest BCUT2D eigenvalue weighted by Crippen LogP contribution is 2.15. The van der Waals surface area contributed by atoms with E-state index in [0.29, 0.717) is 6.42 Å². The summed E-state index contributed by atoms with van der Waals surface area (Å²) in [5, 5.41) is 2.05. The Hall–Kier alpha value is -1.81. The second-order valence-corrected chi connectivity index (χ2v) is 5.87. The smallest absolute Gasteiger partial charge is 0.223 e. The molecule has 3 nitrogen and oxygen atoms in total. The summed E-state index contributed by atoms with van der Waals surface area (Å²) in [5.74, 6) is 1.06. The maximum absolute atomic E-state index is 12.3. The molecule has 0 saturated heterocycles. The van der Waals surface area contributed by atoms with Gasteiger partial charge in [-0.3, -0.25) is 4.79 Å². The zero-order valence-electron chi connectivity index (χ0n) is 12.5. The summed E-state index contributed by atoms with van der Waals surface area (Å²) in [6.07, 6.45) is 1.31. The fourth-order valence-corrected chi connectivity index (χ4v) is 2.89. The summed E-state index contributed by atoms with van der Waals surface area (Å²) >= 11 is 1.69. The predicted octanol–water partition coefficient (Wildman–Crippen LogP) is 3.74. The van der Waals surface area contributed by atoms with Crippen molar-refractivity contribution in [3.05, 3.63) is 52.2 Å². The van der Waals surface area contributed by atoms with Crippen LogP contribution in [0.15, 0.2) is 41.8 Å². The van der Waals surface area contributed by atoms with E-state index in [4.69, 9.17) is 4.74 Å². The SMILES string of the molecule is CCN(Cc1cccs1)C(=O)CCc1ccc(OC)cc1. The van der Waals surface area contributed by atoms with Gasteiger partial charge in [-0.15, -0.1) is 11.3 Å². The van der Waals surface area contributed by atoms with E-state index in [0.717, 1.165) is 30.8 Å². The van der Waals surface area contributed by atoms with Crippen LogP contribution < -0.4 is 4.74 Å². The molecule has 0 radical (unpaired) electrons. The molecule has 1 amide bonds. The van der Waals surface area contributed by atoms with Gasteiger partial charge in [-0.2, -0.15) is 0 Å². The van der Waals surface area contributed by atoms with Gasteiger partial charge in [0, 0.05) is 17.8 Å². The Morgan fingerprint density at radius 2 is 2.00 bits per heavy atom. The van der Waals surface area contributed by atoms with E-state index in [2.05, 4.69) is 6.07 Å². The van der Waals surface area contributed by atoms with Gasteiger partial charge in [0.05, 0.1) is 13.7 Å². The molecule has 1 heterocycles. The topological polar surface area (TPSA) is 29.5 Å². The average Bonchev–Trinajstić information content (AvgIpc) is 3.03. The predicted molar refractivity (Wildman–Crippen MR) is 86.7 cm³/mol. The van der Waals surface area contributed by atoms with E-state index in [-0.39, 0.29) is 5.91 Å². The van der Waals surface area contributed by atoms with Gasteiger partial charge in [-0.1, -0.05) is 18.2 Å². The second kappa shape index (κ2) is 7.84. The monoisotopic (exact) mass is 303 g/mol. The number of carbonyl (C=O) groups is 1. The van der Waals surface area contributed by atoms with Crippen LogP contribution >= 0.6 is 11.3 Å². The zero-order chi connectivity index (χ0) is 15.1. The van der Waals surface area contributed by atoms with E-state index in [1.54, 1.807) is 18.4 Å². The fourth-order valence-electron chi connectivity index (χ4n) is 2.17. The van der Waals surface area contributed by atoms with E-state index in [1.807, 2.05) is 47.5 Å². The van der Waals surface area contributed by atoms with Gasteiger partial charge < -0.3 is 9.64 Å². The van der Waals surface area contributed by atoms with Crippen molar-refractivity contribution < 1.29 is 9.53 Å². The van der Waals surface area contributed by atoms with Crippen molar-refractivity contribution in [2.75, 3.05) is 13.7 Å². The maximum Gasteiger partial charge on any atom is 0.223 e. The summed E-state index contributed by atoms with van der Waals surface area (Å²) in [6, 6.07) is 12.0. The molecule has 0 N–H and O–H groups in total. The first kappa shape index (κ1) is 15.6. The molecule has 21 heavy (non-hydrogen) atoms. The van der Waals surface area contributed by atoms with Crippen LogP contribution in [0.5, 0.6) is 5.75 Å². The van der Waals surface area contributed by atoms with Gasteiger partial charge in [-0.25, -0.2) is 0 Å². The zero-order valence-corrected chi connectivity index (χ0v) is 13.4. The van der Waals surface area contributed by atoms with Crippen molar-refractivity contribution >= 4 is 17.2 Å². The number of methoxy groups -OCH3 is 1. The Bertz CT molecular complexity index is 549. The molecular weight excluding hydrogens is 282 g/mol. The third-order valence-electron chi connectivity index (χ3n) is 3.45. The lowest BCUT2D eigenvalue weighted by Gasteiger charge is -2.20. The first-order chi connectivity index (χ1) is 10.2. The molecule has 0 aliphatic heterocycles. The van der Waals surface area contributed by atoms with Gasteiger partial charge in [0.1, 0.15) is 5.75 Å². The van der Waals surface area contributed by atoms with Crippen molar-refractivity contribution in [1.29, 1.82) is 0 Å². The van der Waals surface area contributed by atoms with Crippen LogP contribution in [0, 0.1) is 0 Å². The first-order valence-electron chi connectivity index (χ1n) is 7.16. The van der Waals surface area contributed by atoms with Crippen LogP contribution in [0.2, 0.25) is 0 Å². The molecule has 0 unspecified atom stereocenters. The van der Waals surface area contributed by atoms with E-state index in [1.165, 1.54) is 4.88 Å². The molecule has 0 atom stereocenters. The van der Waals surface area contributed by atoms with E-state index in [9.17, 15) is 4.79 Å². The third kappa shape index (κ3) is 4.60. The highest BCUT2D eigenvalue weighted by molar-refractivity contribution is 7.09. The molecule has 0 bridgehead atoms. The number of rotatable bonds is 7. The molecule has 0 aliphatic rings. The van der Waals surface area contributed by atoms with Gasteiger partial charge in [0.15, 0.2) is 0 Å². The van der Waals surface area contributed by atoms with Crippen molar-refractivity contribution in [3.63, 3.8) is 0 Å². The summed E-state index contributed by atoms with van der Waals surface area (Å²) in [6.45, 7) is 3.49. The molecule has 4 heteroatoms. The lowest BCUT2D eigenvalue weighted by Crippen LogP contribution is -2.30. The van der Waals surface area contributed by atoms with Crippen molar-refractivity contribution in [2.24, 2.45) is 0 Å². The molecule has 2 aromatic rings. The second-order valence-electron chi connectivity index (χ2n) is 4.84. The minimum Gasteiger partial charge on any atom is -0.497 e. The molecular formula is C17H21NO2S. The van der Waals surface area contributed by atoms with E-state index >= 15 is 0 Å². The molecule has 1 aromatic heterocycles. The summed E-state index contributed by atoms with van der Waals surface area (Å²) in [4.78, 5) is 15.4. The van der Waals surface area contributed by atoms with Crippen LogP contribution in [0.3, 0.4) is 0 Å². The van der Waals surface area contributed by atoms with Crippen molar-refractivity contribution in [3.8, 4) is 5.75 Å². The molecule has 0 spiro atoms. The minimum absolute atomic E-state index is 0.210. The van der Waals surface area contributed by atoms with Gasteiger partial charge in [-0.05, 0) is 42.5 Å². The maximum atomic E-state index is 12.3. The molecule has 2 rings (SSSR count). The molecule has 0 saturated carbocycles. The largest absolute Gasteiger partial charge is 0.497 e. The lowest BCUT2D eigenvalue weighted by molar-refractivity contribution is -0.131. The fraction of sp³-hybridized carbons (Fsp3) is 0.353. The minimum atomic E-state index is 0.210. The third-order valence-corrected chi connectivity index (χ3v) is 4.31. The Morgan fingerprint density at radius 1 is 1.24 bits per heavy atom. The van der Waals surface area contributed by atoms with Crippen LogP contribution in [0.1, 0.15) is 23.8 Å². The molecule has 0 aliphatic carbocycles. The number of thiophene rings is 1. The number of amides is 1. The quantitative estimate of drug-likeness (QED) is 0.780. The lowest BCUT2D eigenvalue weighted by atomic mass is 10.1. The highest BCUT2D eigenvalue weighted by atomic mass is 32.1. The summed E-state index contributed by atoms with van der Waals surface area (Å²) in [7, 11) is 1.65. The van der Waals surface area contributed by atoms with E-state index < -0.39 is 0 Å². The number of hydrogen-bond donors (Lipinski definition) is 0. The Kier molecular flexibility index (Phi) is 5.81. The van der Waals surface area contributed by atoms with Crippen LogP contribution in [-0.4, -0.2) is 24.5 Å². The molecule has 0 fully saturated rings. The number of aryl methyl sites for hydroxylation is 1. The normalized spacial score (nSPS) is 10.4. The highest BCUT2D eigenvalue weighted by Gasteiger charge is 2.12. The Labute approximate surface area is 130 Å². The number of nitrogens with zero attached hydrogens (tertiary/aromatic N) is 1. The molecule has 1 aromatic carbocycles. The summed E-state index contributed by atoms with van der Waals surface area (Å²) < 4.78 is 5.14. The van der Waals surface area contributed by atoms with Gasteiger partial charge in [0.25, 0.3) is 0 Å². The van der Waals surface area contributed by atoms with Crippen LogP contribution in [0.25, 0.3) is 0 Å². The van der Waals surface area contributed by atoms with Crippen molar-refractivity contribution in [1.82, 2.24) is 4.90 Å². The molecule has 112 valence electrons. The Balaban J connectivity index is 1.86. The first-order valence-corrected chi connectivity index (χ1v) is 8.04. The van der Waals surface area contributed by atoms with Gasteiger partial charge in [0.2, 0.25) is 5.91 Å². The summed E-state index contributed by atoms with van der Waals surface area (Å²) in [5.41, 5.74) is 1.16. The number of carbonyl (C=O) groups excluding carboxylic acids is 1. The van der Waals surface area contributed by atoms with Crippen molar-refractivity contribution in [2.45, 2.75) is 26.3 Å². The average molecular weight is 303 g/mol. The number of benzene rings is 1. The number of hydrogen-bond acceptors (Lipinski definition) is 3. The number of ether oxygens (including phenoxy) is 1. The van der Waals surface area contributed by atoms with Crippen LogP contribution in [-0.2, 0) is 17.8 Å².